The number of carbonyl (C=O) groups excluding carboxylic acids is 4. The van der Waals surface area contributed by atoms with E-state index in [9.17, 15) is 19.2 Å². The number of amides is 4. The highest BCUT2D eigenvalue weighted by atomic mass is 35.5. The lowest BCUT2D eigenvalue weighted by Crippen LogP contribution is -2.56. The molecular formula is C32H42ClN5O4. The monoisotopic (exact) mass is 595 g/mol. The number of aryl methyl sites for hydroxylation is 1. The summed E-state index contributed by atoms with van der Waals surface area (Å²) in [6.45, 7) is 6.39. The fraction of sp³-hybridized carbons (Fsp3) is 0.500. The Bertz CT molecular complexity index is 1310. The summed E-state index contributed by atoms with van der Waals surface area (Å²) in [4.78, 5) is 57.0. The third-order valence-corrected chi connectivity index (χ3v) is 8.84. The van der Waals surface area contributed by atoms with Crippen molar-refractivity contribution >= 4 is 40.9 Å². The first-order chi connectivity index (χ1) is 20.1. The predicted molar refractivity (Wildman–Crippen MR) is 164 cm³/mol. The van der Waals surface area contributed by atoms with E-state index in [1.165, 1.54) is 0 Å². The first-order valence-corrected chi connectivity index (χ1v) is 15.2. The van der Waals surface area contributed by atoms with Crippen molar-refractivity contribution in [3.63, 3.8) is 0 Å². The highest BCUT2D eigenvalue weighted by Crippen LogP contribution is 2.27. The predicted octanol–water partition coefficient (Wildman–Crippen LogP) is 3.94. The summed E-state index contributed by atoms with van der Waals surface area (Å²) in [6.07, 6.45) is 3.67. The number of piperidine rings is 1. The minimum absolute atomic E-state index is 0.0172. The molecule has 1 fully saturated rings. The van der Waals surface area contributed by atoms with E-state index in [1.54, 1.807) is 23.1 Å². The number of halogens is 1. The zero-order valence-electron chi connectivity index (χ0n) is 24.7. The molecule has 4 atom stereocenters. The van der Waals surface area contributed by atoms with Gasteiger partial charge in [-0.25, -0.2) is 0 Å². The van der Waals surface area contributed by atoms with Gasteiger partial charge in [-0.15, -0.1) is 0 Å². The maximum atomic E-state index is 13.7. The molecule has 0 saturated carbocycles. The molecule has 0 aliphatic carbocycles. The zero-order valence-corrected chi connectivity index (χ0v) is 25.5. The average Bonchev–Trinajstić information content (AvgIpc) is 2.96. The number of likely N-dealkylation sites (tertiary alicyclic amines) is 1. The van der Waals surface area contributed by atoms with Crippen molar-refractivity contribution < 1.29 is 19.2 Å². The van der Waals surface area contributed by atoms with Crippen molar-refractivity contribution in [2.75, 3.05) is 11.9 Å². The van der Waals surface area contributed by atoms with Crippen LogP contribution in [0.2, 0.25) is 5.02 Å². The van der Waals surface area contributed by atoms with Crippen molar-refractivity contribution in [1.82, 2.24) is 15.1 Å². The molecular weight excluding hydrogens is 554 g/mol. The number of nitrogens with two attached hydrogens (primary N) is 1. The van der Waals surface area contributed by atoms with Crippen LogP contribution in [0.3, 0.4) is 0 Å². The number of rotatable bonds is 9. The summed E-state index contributed by atoms with van der Waals surface area (Å²) in [7, 11) is 0. The second-order valence-electron chi connectivity index (χ2n) is 11.5. The van der Waals surface area contributed by atoms with Gasteiger partial charge in [0.2, 0.25) is 23.6 Å². The molecule has 4 N–H and O–H groups in total. The number of fused-ring (bicyclic) bond motifs is 1. The third-order valence-electron chi connectivity index (χ3n) is 8.42. The van der Waals surface area contributed by atoms with Crippen molar-refractivity contribution in [2.24, 2.45) is 5.73 Å². The minimum Gasteiger partial charge on any atom is -0.342 e. The fourth-order valence-corrected chi connectivity index (χ4v) is 6.19. The molecule has 4 amide bonds. The molecule has 2 aliphatic rings. The topological polar surface area (TPSA) is 125 Å². The zero-order chi connectivity index (χ0) is 30.4. The number of anilines is 1. The molecule has 0 radical (unpaired) electrons. The summed E-state index contributed by atoms with van der Waals surface area (Å²) in [6, 6.07) is 11.5. The Morgan fingerprint density at radius 1 is 1.00 bits per heavy atom. The van der Waals surface area contributed by atoms with Gasteiger partial charge in [-0.05, 0) is 87.9 Å². The van der Waals surface area contributed by atoms with Gasteiger partial charge in [0.15, 0.2) is 0 Å². The number of carbonyl (C=O) groups is 4. The van der Waals surface area contributed by atoms with E-state index in [1.807, 2.05) is 36.1 Å². The van der Waals surface area contributed by atoms with Crippen molar-refractivity contribution in [3.8, 4) is 0 Å². The van der Waals surface area contributed by atoms with Crippen LogP contribution in [0.4, 0.5) is 5.69 Å². The van der Waals surface area contributed by atoms with Crippen LogP contribution in [0, 0.1) is 6.92 Å². The van der Waals surface area contributed by atoms with Crippen LogP contribution >= 0.6 is 11.6 Å². The van der Waals surface area contributed by atoms with E-state index in [-0.39, 0.29) is 56.3 Å². The van der Waals surface area contributed by atoms with Crippen LogP contribution in [0.1, 0.15) is 69.1 Å². The lowest BCUT2D eigenvalue weighted by molar-refractivity contribution is -0.145. The Kier molecular flexibility index (Phi) is 10.6. The van der Waals surface area contributed by atoms with Crippen LogP contribution in [-0.4, -0.2) is 64.1 Å². The molecule has 1 saturated heterocycles. The van der Waals surface area contributed by atoms with E-state index in [4.69, 9.17) is 17.3 Å². The Hall–Kier alpha value is -3.43. The van der Waals surface area contributed by atoms with Gasteiger partial charge in [-0.2, -0.15) is 0 Å². The van der Waals surface area contributed by atoms with E-state index in [0.29, 0.717) is 17.1 Å². The number of benzene rings is 2. The average molecular weight is 596 g/mol. The molecule has 10 heteroatoms. The molecule has 0 spiro atoms. The van der Waals surface area contributed by atoms with Crippen molar-refractivity contribution in [3.05, 3.63) is 64.2 Å². The maximum absolute atomic E-state index is 13.7. The van der Waals surface area contributed by atoms with E-state index in [0.717, 1.165) is 36.0 Å². The van der Waals surface area contributed by atoms with Gasteiger partial charge in [-0.1, -0.05) is 35.9 Å². The summed E-state index contributed by atoms with van der Waals surface area (Å²) in [5.41, 5.74) is 9.11. The minimum atomic E-state index is -0.892. The molecule has 2 aromatic rings. The van der Waals surface area contributed by atoms with Crippen molar-refractivity contribution in [1.29, 1.82) is 0 Å². The number of nitrogens with one attached hydrogen (secondary N) is 2. The van der Waals surface area contributed by atoms with Crippen LogP contribution in [0.5, 0.6) is 0 Å². The smallest absolute Gasteiger partial charge is 0.246 e. The standard InChI is InChI=1S/C32H42ClN5O4/c1-20-17-25(11-12-26(20)33)35-31(41)27(15-16-34)36-32(42)28-18-23-9-4-5-10-24(23)19-37(28)29(39)13-14-30(40)38-21(2)7-6-8-22(38)3/h4-5,9-12,17,21-22,27-28H,6-8,13-16,18-19,34H2,1-3H3,(H,35,41)(H,36,42)/t21?,22?,27-,28-/m0/s1. The Morgan fingerprint density at radius 3 is 2.33 bits per heavy atom. The van der Waals surface area contributed by atoms with E-state index < -0.39 is 23.9 Å². The van der Waals surface area contributed by atoms with Crippen molar-refractivity contribution in [2.45, 2.75) is 96.4 Å². The Labute approximate surface area is 253 Å². The summed E-state index contributed by atoms with van der Waals surface area (Å²) in [5.74, 6) is -1.12. The second-order valence-corrected chi connectivity index (χ2v) is 11.9. The maximum Gasteiger partial charge on any atom is 0.246 e. The van der Waals surface area contributed by atoms with Gasteiger partial charge < -0.3 is 26.2 Å². The first-order valence-electron chi connectivity index (χ1n) is 14.8. The lowest BCUT2D eigenvalue weighted by atomic mass is 9.92. The Balaban J connectivity index is 1.47. The van der Waals surface area contributed by atoms with Gasteiger partial charge in [0, 0.05) is 48.6 Å². The van der Waals surface area contributed by atoms with Gasteiger partial charge in [-0.3, -0.25) is 19.2 Å². The quantitative estimate of drug-likeness (QED) is 0.405. The highest BCUT2D eigenvalue weighted by molar-refractivity contribution is 6.31. The van der Waals surface area contributed by atoms with Crippen LogP contribution in [0.15, 0.2) is 42.5 Å². The molecule has 0 aromatic heterocycles. The molecule has 2 unspecified atom stereocenters. The first kappa shape index (κ1) is 31.5. The number of hydrogen-bond acceptors (Lipinski definition) is 5. The van der Waals surface area contributed by atoms with Gasteiger partial charge >= 0.3 is 0 Å². The highest BCUT2D eigenvalue weighted by Gasteiger charge is 2.37. The second kappa shape index (κ2) is 14.2. The number of nitrogens with zero attached hydrogens (tertiary/aromatic N) is 2. The molecule has 2 aromatic carbocycles. The molecule has 0 bridgehead atoms. The summed E-state index contributed by atoms with van der Waals surface area (Å²) >= 11 is 6.11. The van der Waals surface area contributed by atoms with E-state index in [2.05, 4.69) is 24.5 Å². The number of hydrogen-bond donors (Lipinski definition) is 3. The lowest BCUT2D eigenvalue weighted by Gasteiger charge is -2.39. The normalized spacial score (nSPS) is 20.8. The van der Waals surface area contributed by atoms with Gasteiger partial charge in [0.05, 0.1) is 0 Å². The van der Waals surface area contributed by atoms with Gasteiger partial charge in [0.1, 0.15) is 12.1 Å². The summed E-state index contributed by atoms with van der Waals surface area (Å²) < 4.78 is 0. The SMILES string of the molecule is Cc1cc(NC(=O)[C@H](CCN)NC(=O)[C@@H]2Cc3ccccc3CN2C(=O)CCC(=O)N2C(C)CCCC2C)ccc1Cl. The van der Waals surface area contributed by atoms with Crippen LogP contribution in [-0.2, 0) is 32.1 Å². The van der Waals surface area contributed by atoms with E-state index >= 15 is 0 Å². The Morgan fingerprint density at radius 2 is 1.67 bits per heavy atom. The molecule has 4 rings (SSSR count). The molecule has 226 valence electrons. The third kappa shape index (κ3) is 7.50. The van der Waals surface area contributed by atoms with Crippen LogP contribution in [0.25, 0.3) is 0 Å². The molecule has 2 aliphatic heterocycles. The summed E-state index contributed by atoms with van der Waals surface area (Å²) in [5, 5.41) is 6.27. The van der Waals surface area contributed by atoms with Crippen LogP contribution < -0.4 is 16.4 Å². The molecule has 42 heavy (non-hydrogen) atoms. The molecule has 2 heterocycles. The largest absolute Gasteiger partial charge is 0.342 e. The molecule has 9 nitrogen and oxygen atoms in total. The fourth-order valence-electron chi connectivity index (χ4n) is 6.07. The van der Waals surface area contributed by atoms with Gasteiger partial charge in [0.25, 0.3) is 0 Å².